The molecule has 0 aromatic carbocycles. The van der Waals surface area contributed by atoms with Crippen LogP contribution in [0.3, 0.4) is 0 Å². The number of fused-ring (bicyclic) bond motifs is 1. The molecule has 1 aliphatic carbocycles. The molecule has 1 aromatic rings. The predicted octanol–water partition coefficient (Wildman–Crippen LogP) is 2.38. The summed E-state index contributed by atoms with van der Waals surface area (Å²) in [6.07, 6.45) is 6.09. The lowest BCUT2D eigenvalue weighted by molar-refractivity contribution is -0.128. The van der Waals surface area contributed by atoms with Crippen LogP contribution in [0, 0.1) is 5.92 Å². The van der Waals surface area contributed by atoms with Crippen molar-refractivity contribution in [1.29, 1.82) is 0 Å². The number of nitrogens with one attached hydrogen (secondary N) is 2. The van der Waals surface area contributed by atoms with E-state index in [9.17, 15) is 9.59 Å². The van der Waals surface area contributed by atoms with Crippen LogP contribution in [0.5, 0.6) is 0 Å². The van der Waals surface area contributed by atoms with E-state index in [-0.39, 0.29) is 23.6 Å². The molecule has 1 saturated heterocycles. The fourth-order valence-corrected chi connectivity index (χ4v) is 4.09. The molecule has 1 aromatic heterocycles. The van der Waals surface area contributed by atoms with Gasteiger partial charge >= 0.3 is 0 Å². The van der Waals surface area contributed by atoms with E-state index < -0.39 is 0 Å². The maximum absolute atomic E-state index is 12.9. The number of H-pyrrole nitrogens is 1. The summed E-state index contributed by atoms with van der Waals surface area (Å²) in [4.78, 5) is 29.7. The molecule has 0 unspecified atom stereocenters. The zero-order chi connectivity index (χ0) is 17.1. The molecular weight excluding hydrogens is 302 g/mol. The Bertz CT molecular complexity index is 638. The molecule has 3 rings (SSSR count). The first-order valence-electron chi connectivity index (χ1n) is 9.31. The molecule has 1 amide bonds. The van der Waals surface area contributed by atoms with Gasteiger partial charge in [-0.05, 0) is 56.2 Å². The number of aryl methyl sites for hydroxylation is 1. The lowest BCUT2D eigenvalue weighted by Crippen LogP contribution is -2.51. The van der Waals surface area contributed by atoms with Gasteiger partial charge in [-0.15, -0.1) is 0 Å². The molecule has 2 atom stereocenters. The van der Waals surface area contributed by atoms with Crippen LogP contribution in [0.2, 0.25) is 0 Å². The summed E-state index contributed by atoms with van der Waals surface area (Å²) in [5.74, 6) is 0.721. The molecule has 1 fully saturated rings. The number of likely N-dealkylation sites (tertiary alicyclic amines) is 1. The minimum absolute atomic E-state index is 0.00529. The van der Waals surface area contributed by atoms with Crippen LogP contribution in [0.4, 0.5) is 0 Å². The van der Waals surface area contributed by atoms with Gasteiger partial charge in [0.15, 0.2) is 0 Å². The van der Waals surface area contributed by atoms with Crippen LogP contribution < -0.4 is 10.9 Å². The third kappa shape index (κ3) is 3.89. The Hall–Kier alpha value is -1.62. The number of carbonyl (C=O) groups excluding carboxylic acids is 1. The van der Waals surface area contributed by atoms with Crippen LogP contribution in [0.1, 0.15) is 63.3 Å². The fraction of sp³-hybridized carbons (Fsp3) is 0.684. The zero-order valence-corrected chi connectivity index (χ0v) is 14.8. The molecule has 0 saturated carbocycles. The maximum atomic E-state index is 12.9. The summed E-state index contributed by atoms with van der Waals surface area (Å²) in [7, 11) is 0. The van der Waals surface area contributed by atoms with Crippen molar-refractivity contribution in [3.05, 3.63) is 33.7 Å². The quantitative estimate of drug-likeness (QED) is 0.890. The van der Waals surface area contributed by atoms with E-state index in [1.807, 2.05) is 6.07 Å². The number of piperidine rings is 1. The minimum Gasteiger partial charge on any atom is -0.348 e. The molecule has 2 aliphatic rings. The highest BCUT2D eigenvalue weighted by Gasteiger charge is 2.31. The Morgan fingerprint density at radius 2 is 2.12 bits per heavy atom. The first-order valence-corrected chi connectivity index (χ1v) is 9.31. The van der Waals surface area contributed by atoms with Crippen LogP contribution in [0.15, 0.2) is 16.9 Å². The molecule has 2 N–H and O–H groups in total. The highest BCUT2D eigenvalue weighted by Crippen LogP contribution is 2.28. The van der Waals surface area contributed by atoms with Gasteiger partial charge in [-0.2, -0.15) is 0 Å². The Kier molecular flexibility index (Phi) is 5.39. The second kappa shape index (κ2) is 7.51. The number of hydrogen-bond acceptors (Lipinski definition) is 3. The SMILES string of the molecule is CC(C)CN1CCCC[C@H]1C(=O)N[C@@H]1CCCc2[nH]c(=O)ccc21. The van der Waals surface area contributed by atoms with Gasteiger partial charge in [-0.1, -0.05) is 20.3 Å². The lowest BCUT2D eigenvalue weighted by atomic mass is 9.90. The van der Waals surface area contributed by atoms with E-state index in [0.717, 1.165) is 56.5 Å². The molecule has 0 radical (unpaired) electrons. The largest absolute Gasteiger partial charge is 0.348 e. The summed E-state index contributed by atoms with van der Waals surface area (Å²) in [5, 5.41) is 3.26. The summed E-state index contributed by atoms with van der Waals surface area (Å²) in [6.45, 7) is 6.41. The number of hydrogen-bond donors (Lipinski definition) is 2. The first-order chi connectivity index (χ1) is 11.5. The lowest BCUT2D eigenvalue weighted by Gasteiger charge is -2.37. The van der Waals surface area contributed by atoms with Crippen molar-refractivity contribution in [2.75, 3.05) is 13.1 Å². The fourth-order valence-electron chi connectivity index (χ4n) is 4.09. The highest BCUT2D eigenvalue weighted by molar-refractivity contribution is 5.82. The molecule has 24 heavy (non-hydrogen) atoms. The average Bonchev–Trinajstić information content (AvgIpc) is 2.54. The topological polar surface area (TPSA) is 65.2 Å². The van der Waals surface area contributed by atoms with E-state index >= 15 is 0 Å². The van der Waals surface area contributed by atoms with Gasteiger partial charge < -0.3 is 10.3 Å². The van der Waals surface area contributed by atoms with Gasteiger partial charge in [0.2, 0.25) is 11.5 Å². The van der Waals surface area contributed by atoms with Crippen molar-refractivity contribution >= 4 is 5.91 Å². The molecule has 1 aliphatic heterocycles. The highest BCUT2D eigenvalue weighted by atomic mass is 16.2. The molecular formula is C19H29N3O2. The third-order valence-electron chi connectivity index (χ3n) is 5.16. The number of carbonyl (C=O) groups is 1. The van der Waals surface area contributed by atoms with Crippen LogP contribution in [-0.2, 0) is 11.2 Å². The summed E-state index contributed by atoms with van der Waals surface area (Å²) >= 11 is 0. The van der Waals surface area contributed by atoms with E-state index in [1.165, 1.54) is 6.42 Å². The molecule has 132 valence electrons. The van der Waals surface area contributed by atoms with Gasteiger partial charge in [-0.3, -0.25) is 14.5 Å². The van der Waals surface area contributed by atoms with Crippen molar-refractivity contribution in [2.45, 2.75) is 64.5 Å². The Labute approximate surface area is 143 Å². The number of rotatable bonds is 4. The predicted molar refractivity (Wildman–Crippen MR) is 94.9 cm³/mol. The summed E-state index contributed by atoms with van der Waals surface area (Å²) in [5.41, 5.74) is 2.01. The number of aromatic nitrogens is 1. The smallest absolute Gasteiger partial charge is 0.248 e. The standard InChI is InChI=1S/C19H29N3O2/c1-13(2)12-22-11-4-3-8-17(22)19(24)21-16-7-5-6-15-14(16)9-10-18(23)20-15/h9-10,13,16-17H,3-8,11-12H2,1-2H3,(H,20,23)(H,21,24)/t16-,17+/m1/s1. The number of nitrogens with zero attached hydrogens (tertiary/aromatic N) is 1. The molecule has 5 nitrogen and oxygen atoms in total. The Balaban J connectivity index is 1.71. The van der Waals surface area contributed by atoms with Crippen molar-refractivity contribution < 1.29 is 4.79 Å². The average molecular weight is 331 g/mol. The van der Waals surface area contributed by atoms with Gasteiger partial charge in [0.25, 0.3) is 0 Å². The monoisotopic (exact) mass is 331 g/mol. The van der Waals surface area contributed by atoms with Crippen molar-refractivity contribution in [3.8, 4) is 0 Å². The number of amides is 1. The molecule has 0 bridgehead atoms. The maximum Gasteiger partial charge on any atom is 0.248 e. The molecule has 5 heteroatoms. The normalized spacial score (nSPS) is 24.6. The van der Waals surface area contributed by atoms with Crippen LogP contribution in [0.25, 0.3) is 0 Å². The summed E-state index contributed by atoms with van der Waals surface area (Å²) in [6, 6.07) is 3.47. The molecule has 2 heterocycles. The Morgan fingerprint density at radius 1 is 1.29 bits per heavy atom. The van der Waals surface area contributed by atoms with Crippen LogP contribution >= 0.6 is 0 Å². The van der Waals surface area contributed by atoms with Crippen LogP contribution in [-0.4, -0.2) is 34.9 Å². The van der Waals surface area contributed by atoms with E-state index in [1.54, 1.807) is 6.07 Å². The summed E-state index contributed by atoms with van der Waals surface area (Å²) < 4.78 is 0. The van der Waals surface area contributed by atoms with Gasteiger partial charge in [-0.25, -0.2) is 0 Å². The van der Waals surface area contributed by atoms with Gasteiger partial charge in [0.05, 0.1) is 12.1 Å². The second-order valence-electron chi connectivity index (χ2n) is 7.61. The Morgan fingerprint density at radius 3 is 2.92 bits per heavy atom. The van der Waals surface area contributed by atoms with E-state index in [2.05, 4.69) is 29.0 Å². The number of aromatic amines is 1. The molecule has 0 spiro atoms. The van der Waals surface area contributed by atoms with E-state index in [0.29, 0.717) is 5.92 Å². The van der Waals surface area contributed by atoms with E-state index in [4.69, 9.17) is 0 Å². The minimum atomic E-state index is -0.0592. The van der Waals surface area contributed by atoms with Gasteiger partial charge in [0, 0.05) is 18.3 Å². The first kappa shape index (κ1) is 17.2. The zero-order valence-electron chi connectivity index (χ0n) is 14.8. The van der Waals surface area contributed by atoms with Crippen molar-refractivity contribution in [2.24, 2.45) is 5.92 Å². The second-order valence-corrected chi connectivity index (χ2v) is 7.61. The van der Waals surface area contributed by atoms with Gasteiger partial charge in [0.1, 0.15) is 0 Å². The number of pyridine rings is 1. The van der Waals surface area contributed by atoms with Crippen molar-refractivity contribution in [1.82, 2.24) is 15.2 Å². The third-order valence-corrected chi connectivity index (χ3v) is 5.16. The van der Waals surface area contributed by atoms with Crippen molar-refractivity contribution in [3.63, 3.8) is 0 Å².